The Bertz CT molecular complexity index is 767. The summed E-state index contributed by atoms with van der Waals surface area (Å²) in [5.74, 6) is -0.867. The van der Waals surface area contributed by atoms with Gasteiger partial charge in [-0.15, -0.1) is 0 Å². The zero-order valence-electron chi connectivity index (χ0n) is 17.2. The number of morpholine rings is 1. The highest BCUT2D eigenvalue weighted by molar-refractivity contribution is 6.08. The van der Waals surface area contributed by atoms with Crippen LogP contribution in [0.1, 0.15) is 19.4 Å². The fourth-order valence-electron chi connectivity index (χ4n) is 3.86. The van der Waals surface area contributed by atoms with Gasteiger partial charge in [-0.2, -0.15) is 0 Å². The van der Waals surface area contributed by atoms with Crippen LogP contribution in [-0.2, 0) is 25.6 Å². The number of carbonyl (C=O) groups is 2. The van der Waals surface area contributed by atoms with E-state index in [2.05, 4.69) is 24.1 Å². The van der Waals surface area contributed by atoms with Gasteiger partial charge in [0.2, 0.25) is 0 Å². The van der Waals surface area contributed by atoms with Crippen LogP contribution in [0, 0.1) is 0 Å². The number of carbonyl (C=O) groups excluding carboxylic acids is 2. The zero-order chi connectivity index (χ0) is 21.0. The molecule has 3 rings (SSSR count). The van der Waals surface area contributed by atoms with Crippen LogP contribution < -0.4 is 5.32 Å². The van der Waals surface area contributed by atoms with Crippen molar-refractivity contribution < 1.29 is 24.2 Å². The van der Waals surface area contributed by atoms with Crippen molar-refractivity contribution in [1.29, 1.82) is 0 Å². The third-order valence-electron chi connectivity index (χ3n) is 5.08. The summed E-state index contributed by atoms with van der Waals surface area (Å²) in [7, 11) is 1.29. The molecular weight excluding hydrogens is 374 g/mol. The van der Waals surface area contributed by atoms with Crippen LogP contribution >= 0.6 is 0 Å². The zero-order valence-corrected chi connectivity index (χ0v) is 17.2. The molecule has 0 bridgehead atoms. The topological polar surface area (TPSA) is 91.3 Å². The van der Waals surface area contributed by atoms with Crippen molar-refractivity contribution in [1.82, 2.24) is 9.80 Å². The van der Waals surface area contributed by atoms with E-state index in [-0.39, 0.29) is 49.1 Å². The summed E-state index contributed by atoms with van der Waals surface area (Å²) in [6.07, 6.45) is 0.442. The largest absolute Gasteiger partial charge is 0.466 e. The third kappa shape index (κ3) is 5.14. The van der Waals surface area contributed by atoms with Gasteiger partial charge in [0.15, 0.2) is 0 Å². The van der Waals surface area contributed by atoms with Gasteiger partial charge in [0.1, 0.15) is 5.70 Å². The Hall–Kier alpha value is -2.42. The molecular formula is C21H29N3O5. The minimum atomic E-state index is -0.548. The van der Waals surface area contributed by atoms with Crippen LogP contribution in [0.15, 0.2) is 35.5 Å². The molecule has 0 spiro atoms. The van der Waals surface area contributed by atoms with Crippen molar-refractivity contribution in [2.75, 3.05) is 45.2 Å². The fraction of sp³-hybridized carbons (Fsp3) is 0.524. The molecule has 1 aromatic rings. The van der Waals surface area contributed by atoms with Gasteiger partial charge in [0.25, 0.3) is 5.91 Å². The smallest absolute Gasteiger partial charge is 0.337 e. The number of amides is 1. The molecule has 8 heteroatoms. The van der Waals surface area contributed by atoms with Crippen LogP contribution in [0.2, 0.25) is 0 Å². The summed E-state index contributed by atoms with van der Waals surface area (Å²) in [4.78, 5) is 28.4. The van der Waals surface area contributed by atoms with Gasteiger partial charge in [-0.1, -0.05) is 12.1 Å². The highest BCUT2D eigenvalue weighted by Gasteiger charge is 2.34. The number of rotatable bonds is 7. The van der Waals surface area contributed by atoms with E-state index in [0.29, 0.717) is 5.69 Å². The second-order valence-corrected chi connectivity index (χ2v) is 7.57. The number of hydrogen-bond acceptors (Lipinski definition) is 7. The third-order valence-corrected chi connectivity index (χ3v) is 5.08. The van der Waals surface area contributed by atoms with Crippen LogP contribution in [0.4, 0.5) is 5.69 Å². The molecule has 0 aliphatic carbocycles. The molecule has 1 fully saturated rings. The molecule has 2 atom stereocenters. The summed E-state index contributed by atoms with van der Waals surface area (Å²) < 4.78 is 10.6. The van der Waals surface area contributed by atoms with Gasteiger partial charge >= 0.3 is 5.97 Å². The van der Waals surface area contributed by atoms with Gasteiger partial charge in [-0.3, -0.25) is 9.69 Å². The van der Waals surface area contributed by atoms with Crippen molar-refractivity contribution in [3.05, 3.63) is 41.1 Å². The Morgan fingerprint density at radius 1 is 1.24 bits per heavy atom. The van der Waals surface area contributed by atoms with Gasteiger partial charge in [0.05, 0.1) is 38.0 Å². The van der Waals surface area contributed by atoms with Gasteiger partial charge < -0.3 is 24.8 Å². The molecule has 1 aromatic carbocycles. The Morgan fingerprint density at radius 2 is 1.90 bits per heavy atom. The molecule has 2 aliphatic heterocycles. The first-order valence-electron chi connectivity index (χ1n) is 9.86. The Morgan fingerprint density at radius 3 is 2.48 bits per heavy atom. The molecule has 1 saturated heterocycles. The molecule has 0 radical (unpaired) electrons. The summed E-state index contributed by atoms with van der Waals surface area (Å²) >= 11 is 0. The highest BCUT2D eigenvalue weighted by atomic mass is 16.5. The van der Waals surface area contributed by atoms with Crippen LogP contribution in [0.25, 0.3) is 0 Å². The number of esters is 1. The van der Waals surface area contributed by atoms with Crippen LogP contribution in [0.3, 0.4) is 0 Å². The molecule has 158 valence electrons. The summed E-state index contributed by atoms with van der Waals surface area (Å²) in [5.41, 5.74) is 2.35. The number of methoxy groups -OCH3 is 1. The maximum Gasteiger partial charge on any atom is 0.337 e. The summed E-state index contributed by atoms with van der Waals surface area (Å²) in [6.45, 7) is 6.92. The second kappa shape index (κ2) is 9.39. The van der Waals surface area contributed by atoms with Gasteiger partial charge in [0, 0.05) is 31.9 Å². The first-order chi connectivity index (χ1) is 13.9. The summed E-state index contributed by atoms with van der Waals surface area (Å²) in [6, 6.07) is 7.81. The number of hydrogen-bond donors (Lipinski definition) is 2. The molecule has 8 nitrogen and oxygen atoms in total. The molecule has 0 aromatic heterocycles. The quantitative estimate of drug-likeness (QED) is 0.656. The molecule has 2 unspecified atom stereocenters. The maximum atomic E-state index is 12.6. The van der Waals surface area contributed by atoms with E-state index in [9.17, 15) is 9.59 Å². The Kier molecular flexibility index (Phi) is 6.89. The number of aliphatic hydroxyl groups excluding tert-OH is 1. The Balaban J connectivity index is 1.69. The number of nitrogens with one attached hydrogen (secondary N) is 1. The highest BCUT2D eigenvalue weighted by Crippen LogP contribution is 2.23. The number of nitrogens with zero attached hydrogens (tertiary/aromatic N) is 2. The standard InChI is InChI=1S/C21H29N3O5/c1-14-10-23(11-15(2)29-14)12-16-4-6-17(7-5-16)22-19-18(21(27)28-3)13-24(8-9-25)20(19)26/h4-7,14-15,22,25H,8-13H2,1-3H3. The van der Waals surface area contributed by atoms with Crippen LogP contribution in [0.5, 0.6) is 0 Å². The monoisotopic (exact) mass is 403 g/mol. The van der Waals surface area contributed by atoms with Crippen molar-refractivity contribution in [2.45, 2.75) is 32.6 Å². The van der Waals surface area contributed by atoms with E-state index in [4.69, 9.17) is 14.6 Å². The Labute approximate surface area is 171 Å². The molecule has 0 saturated carbocycles. The molecule has 2 aliphatic rings. The molecule has 29 heavy (non-hydrogen) atoms. The number of β-amino-alcohol motifs (C(OH)–C–C–N with tert-alkyl or cyclic N) is 1. The van der Waals surface area contributed by atoms with E-state index in [0.717, 1.165) is 19.6 Å². The van der Waals surface area contributed by atoms with Crippen molar-refractivity contribution in [3.63, 3.8) is 0 Å². The first kappa shape index (κ1) is 21.3. The van der Waals surface area contributed by atoms with Crippen molar-refractivity contribution in [2.24, 2.45) is 0 Å². The number of aliphatic hydroxyl groups is 1. The molecule has 2 heterocycles. The lowest BCUT2D eigenvalue weighted by Gasteiger charge is -2.35. The fourth-order valence-corrected chi connectivity index (χ4v) is 3.86. The minimum absolute atomic E-state index is 0.125. The summed E-state index contributed by atoms with van der Waals surface area (Å²) in [5, 5.41) is 12.2. The van der Waals surface area contributed by atoms with Crippen molar-refractivity contribution in [3.8, 4) is 0 Å². The minimum Gasteiger partial charge on any atom is -0.466 e. The van der Waals surface area contributed by atoms with E-state index < -0.39 is 5.97 Å². The number of anilines is 1. The molecule has 2 N–H and O–H groups in total. The first-order valence-corrected chi connectivity index (χ1v) is 9.86. The van der Waals surface area contributed by atoms with Crippen molar-refractivity contribution >= 4 is 17.6 Å². The predicted molar refractivity (Wildman–Crippen MR) is 108 cm³/mol. The lowest BCUT2D eigenvalue weighted by atomic mass is 10.1. The van der Waals surface area contributed by atoms with Gasteiger partial charge in [-0.25, -0.2) is 4.79 Å². The predicted octanol–water partition coefficient (Wildman–Crippen LogP) is 0.969. The van der Waals surface area contributed by atoms with Gasteiger partial charge in [-0.05, 0) is 31.5 Å². The average molecular weight is 403 g/mol. The van der Waals surface area contributed by atoms with E-state index in [1.54, 1.807) is 0 Å². The van der Waals surface area contributed by atoms with E-state index in [1.807, 2.05) is 24.3 Å². The average Bonchev–Trinajstić information content (AvgIpc) is 2.98. The van der Waals surface area contributed by atoms with Crippen LogP contribution in [-0.4, -0.2) is 78.9 Å². The van der Waals surface area contributed by atoms with E-state index >= 15 is 0 Å². The maximum absolute atomic E-state index is 12.6. The lowest BCUT2D eigenvalue weighted by molar-refractivity contribution is -0.136. The number of ether oxygens (including phenoxy) is 2. The number of benzene rings is 1. The second-order valence-electron chi connectivity index (χ2n) is 7.57. The SMILES string of the molecule is COC(=O)C1=C(Nc2ccc(CN3CC(C)OC(C)C3)cc2)C(=O)N(CCO)C1. The lowest BCUT2D eigenvalue weighted by Crippen LogP contribution is -2.44. The molecule has 1 amide bonds. The normalized spacial score (nSPS) is 22.9. The van der Waals surface area contributed by atoms with E-state index in [1.165, 1.54) is 17.6 Å².